The van der Waals surface area contributed by atoms with Crippen LogP contribution in [0.4, 0.5) is 0 Å². The van der Waals surface area contributed by atoms with Gasteiger partial charge in [0, 0.05) is 49.4 Å². The largest absolute Gasteiger partial charge is 0.360 e. The smallest absolute Gasteiger partial charge is 0.276 e. The number of hydrogen-bond donors (Lipinski definition) is 0. The second-order valence-electron chi connectivity index (χ2n) is 6.58. The van der Waals surface area contributed by atoms with Crippen LogP contribution < -0.4 is 0 Å². The lowest BCUT2D eigenvalue weighted by atomic mass is 10.0. The third-order valence-electron chi connectivity index (χ3n) is 4.62. The van der Waals surface area contributed by atoms with Crippen LogP contribution in [0.1, 0.15) is 53.3 Å². The fourth-order valence-electron chi connectivity index (χ4n) is 3.30. The Morgan fingerprint density at radius 2 is 2.16 bits per heavy atom. The van der Waals surface area contributed by atoms with Crippen LogP contribution in [-0.4, -0.2) is 32.1 Å². The number of hydrogen-bond acceptors (Lipinski definition) is 4. The van der Waals surface area contributed by atoms with Gasteiger partial charge in [-0.05, 0) is 23.8 Å². The van der Waals surface area contributed by atoms with Gasteiger partial charge in [-0.15, -0.1) is 0 Å². The fourth-order valence-corrected chi connectivity index (χ4v) is 3.30. The van der Waals surface area contributed by atoms with Crippen LogP contribution in [0.15, 0.2) is 53.4 Å². The summed E-state index contributed by atoms with van der Waals surface area (Å²) in [5.74, 6) is 0.806. The Hall–Kier alpha value is -2.89. The van der Waals surface area contributed by atoms with Gasteiger partial charge in [0.25, 0.3) is 5.91 Å². The quantitative estimate of drug-likeness (QED) is 0.736. The van der Waals surface area contributed by atoms with Crippen LogP contribution in [-0.2, 0) is 6.54 Å². The Kier molecular flexibility index (Phi) is 3.87. The van der Waals surface area contributed by atoms with Gasteiger partial charge in [0.15, 0.2) is 5.69 Å². The molecule has 1 aliphatic heterocycles. The molecule has 0 saturated carbocycles. The van der Waals surface area contributed by atoms with E-state index in [9.17, 15) is 4.79 Å². The molecule has 25 heavy (non-hydrogen) atoms. The van der Waals surface area contributed by atoms with Gasteiger partial charge in [-0.1, -0.05) is 25.1 Å². The number of carbonyl (C=O) groups excluding carboxylic acids is 1. The van der Waals surface area contributed by atoms with Gasteiger partial charge < -0.3 is 14.0 Å². The highest BCUT2D eigenvalue weighted by Crippen LogP contribution is 2.33. The molecule has 6 nitrogen and oxygen atoms in total. The van der Waals surface area contributed by atoms with Crippen molar-refractivity contribution in [2.24, 2.45) is 0 Å². The molecule has 4 heterocycles. The molecule has 3 aromatic heterocycles. The summed E-state index contributed by atoms with van der Waals surface area (Å²) in [6.45, 7) is 5.41. The Morgan fingerprint density at radius 1 is 1.28 bits per heavy atom. The Bertz CT molecular complexity index is 882. The molecule has 4 rings (SSSR count). The monoisotopic (exact) mass is 336 g/mol. The van der Waals surface area contributed by atoms with Crippen molar-refractivity contribution in [3.05, 3.63) is 71.6 Å². The molecule has 0 saturated heterocycles. The van der Waals surface area contributed by atoms with Crippen LogP contribution in [0.5, 0.6) is 0 Å². The van der Waals surface area contributed by atoms with E-state index < -0.39 is 0 Å². The summed E-state index contributed by atoms with van der Waals surface area (Å²) in [4.78, 5) is 19.2. The van der Waals surface area contributed by atoms with Crippen molar-refractivity contribution >= 4 is 5.91 Å². The fraction of sp³-hybridized carbons (Fsp3) is 0.316. The van der Waals surface area contributed by atoms with E-state index in [1.165, 1.54) is 0 Å². The Morgan fingerprint density at radius 3 is 2.88 bits per heavy atom. The Balaban J connectivity index is 1.73. The highest BCUT2D eigenvalue weighted by Gasteiger charge is 2.34. The molecule has 0 N–H and O–H groups in total. The molecule has 128 valence electrons. The highest BCUT2D eigenvalue weighted by atomic mass is 16.5. The maximum absolute atomic E-state index is 13.1. The minimum absolute atomic E-state index is 0.114. The summed E-state index contributed by atoms with van der Waals surface area (Å²) < 4.78 is 7.50. The topological polar surface area (TPSA) is 64.2 Å². The molecule has 0 aliphatic carbocycles. The molecule has 1 amide bonds. The Labute approximate surface area is 146 Å². The number of rotatable bonds is 3. The second kappa shape index (κ2) is 6.20. The molecule has 1 atom stereocenters. The summed E-state index contributed by atoms with van der Waals surface area (Å²) in [5, 5.41) is 4.00. The van der Waals surface area contributed by atoms with E-state index in [0.717, 1.165) is 23.6 Å². The summed E-state index contributed by atoms with van der Waals surface area (Å²) in [5.41, 5.74) is 2.43. The van der Waals surface area contributed by atoms with Crippen molar-refractivity contribution in [1.29, 1.82) is 0 Å². The molecular weight excluding hydrogens is 316 g/mol. The van der Waals surface area contributed by atoms with E-state index in [0.29, 0.717) is 12.2 Å². The molecule has 3 aromatic rings. The van der Waals surface area contributed by atoms with Gasteiger partial charge >= 0.3 is 0 Å². The molecule has 6 heteroatoms. The first-order valence-corrected chi connectivity index (χ1v) is 8.47. The van der Waals surface area contributed by atoms with Crippen molar-refractivity contribution in [2.75, 3.05) is 6.54 Å². The van der Waals surface area contributed by atoms with Crippen LogP contribution in [0.3, 0.4) is 0 Å². The van der Waals surface area contributed by atoms with E-state index in [2.05, 4.69) is 20.8 Å². The predicted octanol–water partition coefficient (Wildman–Crippen LogP) is 3.24. The van der Waals surface area contributed by atoms with Gasteiger partial charge in [0.2, 0.25) is 0 Å². The van der Waals surface area contributed by atoms with Crippen molar-refractivity contribution in [3.8, 4) is 0 Å². The molecule has 0 spiro atoms. The van der Waals surface area contributed by atoms with Gasteiger partial charge in [-0.2, -0.15) is 0 Å². The summed E-state index contributed by atoms with van der Waals surface area (Å²) >= 11 is 0. The van der Waals surface area contributed by atoms with Crippen molar-refractivity contribution in [3.63, 3.8) is 0 Å². The van der Waals surface area contributed by atoms with Crippen LogP contribution in [0.25, 0.3) is 0 Å². The minimum Gasteiger partial charge on any atom is -0.360 e. The number of fused-ring (bicyclic) bond motifs is 1. The van der Waals surface area contributed by atoms with Crippen molar-refractivity contribution < 1.29 is 9.32 Å². The number of pyridine rings is 1. The van der Waals surface area contributed by atoms with Gasteiger partial charge in [0.05, 0.1) is 6.04 Å². The molecule has 1 aliphatic rings. The molecule has 0 radical (unpaired) electrons. The zero-order valence-corrected chi connectivity index (χ0v) is 14.3. The zero-order valence-electron chi connectivity index (χ0n) is 14.3. The molecule has 0 aromatic carbocycles. The number of nitrogens with zero attached hydrogens (tertiary/aromatic N) is 4. The van der Waals surface area contributed by atoms with Gasteiger partial charge in [-0.25, -0.2) is 0 Å². The van der Waals surface area contributed by atoms with Crippen molar-refractivity contribution in [1.82, 2.24) is 19.6 Å². The van der Waals surface area contributed by atoms with E-state index in [4.69, 9.17) is 4.52 Å². The number of carbonyl (C=O) groups is 1. The second-order valence-corrected chi connectivity index (χ2v) is 6.58. The summed E-state index contributed by atoms with van der Waals surface area (Å²) in [6.07, 6.45) is 5.60. The lowest BCUT2D eigenvalue weighted by Crippen LogP contribution is -2.42. The first-order valence-electron chi connectivity index (χ1n) is 8.47. The van der Waals surface area contributed by atoms with Crippen LogP contribution >= 0.6 is 0 Å². The van der Waals surface area contributed by atoms with E-state index in [1.807, 2.05) is 49.3 Å². The number of aromatic nitrogens is 3. The van der Waals surface area contributed by atoms with E-state index in [1.54, 1.807) is 12.3 Å². The zero-order chi connectivity index (χ0) is 17.4. The first-order chi connectivity index (χ1) is 12.1. The standard InChI is InChI=1S/C19H20N4O2/c1-13(2)17-11-15(21-25-17)19(24)23-10-9-22-8-4-6-16(22)18(23)14-5-3-7-20-12-14/h3-8,11-13,18H,9-10H2,1-2H3/t18-/m0/s1. The third kappa shape index (κ3) is 2.73. The molecular formula is C19H20N4O2. The SMILES string of the molecule is CC(C)c1cc(C(=O)N2CCn3cccc3[C@@H]2c2cccnc2)no1. The summed E-state index contributed by atoms with van der Waals surface area (Å²) in [7, 11) is 0. The molecule has 0 unspecified atom stereocenters. The van der Waals surface area contributed by atoms with E-state index >= 15 is 0 Å². The van der Waals surface area contributed by atoms with Gasteiger partial charge in [-0.3, -0.25) is 9.78 Å². The first kappa shape index (κ1) is 15.6. The van der Waals surface area contributed by atoms with Crippen LogP contribution in [0, 0.1) is 0 Å². The lowest BCUT2D eigenvalue weighted by molar-refractivity contribution is 0.0653. The van der Waals surface area contributed by atoms with Crippen molar-refractivity contribution in [2.45, 2.75) is 32.4 Å². The summed E-state index contributed by atoms with van der Waals surface area (Å²) in [6, 6.07) is 9.54. The predicted molar refractivity (Wildman–Crippen MR) is 92.1 cm³/mol. The molecule has 0 fully saturated rings. The highest BCUT2D eigenvalue weighted by molar-refractivity contribution is 5.93. The average molecular weight is 336 g/mol. The average Bonchev–Trinajstić information content (AvgIpc) is 3.30. The normalized spacial score (nSPS) is 16.9. The number of amides is 1. The molecule has 0 bridgehead atoms. The van der Waals surface area contributed by atoms with Crippen LogP contribution in [0.2, 0.25) is 0 Å². The maximum atomic E-state index is 13.1. The maximum Gasteiger partial charge on any atom is 0.276 e. The minimum atomic E-state index is -0.177. The van der Waals surface area contributed by atoms with E-state index in [-0.39, 0.29) is 17.9 Å². The lowest BCUT2D eigenvalue weighted by Gasteiger charge is -2.36. The third-order valence-corrected chi connectivity index (χ3v) is 4.62. The van der Waals surface area contributed by atoms with Gasteiger partial charge in [0.1, 0.15) is 5.76 Å².